The molecule has 6 nitrogen and oxygen atoms in total. The standard InChI is InChI=1S/C15H20FN5OS/c1-9(13(22)18-15(2,3)4)23-14-20-19-12(21(14)17)10-7-5-6-8-11(10)16/h5-9H,17H2,1-4H3,(H,18,22). The van der Waals surface area contributed by atoms with E-state index in [1.165, 1.54) is 22.5 Å². The number of amides is 1. The second kappa shape index (κ2) is 6.57. The Morgan fingerprint density at radius 3 is 2.61 bits per heavy atom. The number of hydrogen-bond donors (Lipinski definition) is 2. The normalized spacial score (nSPS) is 12.9. The second-order valence-electron chi connectivity index (χ2n) is 6.16. The number of carbonyl (C=O) groups is 1. The highest BCUT2D eigenvalue weighted by Gasteiger charge is 2.23. The molecule has 0 saturated carbocycles. The number of halogens is 1. The zero-order valence-corrected chi connectivity index (χ0v) is 14.3. The fraction of sp³-hybridized carbons (Fsp3) is 0.400. The van der Waals surface area contributed by atoms with Crippen LogP contribution in [0.2, 0.25) is 0 Å². The molecule has 1 heterocycles. The van der Waals surface area contributed by atoms with Crippen molar-refractivity contribution >= 4 is 17.7 Å². The van der Waals surface area contributed by atoms with Crippen LogP contribution in [0.25, 0.3) is 11.4 Å². The molecule has 2 aromatic rings. The average molecular weight is 337 g/mol. The smallest absolute Gasteiger partial charge is 0.233 e. The Morgan fingerprint density at radius 1 is 1.35 bits per heavy atom. The number of benzene rings is 1. The van der Waals surface area contributed by atoms with Crippen LogP contribution in [0.4, 0.5) is 4.39 Å². The van der Waals surface area contributed by atoms with E-state index in [0.29, 0.717) is 5.16 Å². The van der Waals surface area contributed by atoms with Gasteiger partial charge < -0.3 is 11.2 Å². The van der Waals surface area contributed by atoms with Crippen molar-refractivity contribution in [2.75, 3.05) is 5.84 Å². The summed E-state index contributed by atoms with van der Waals surface area (Å²) in [6, 6.07) is 6.19. The van der Waals surface area contributed by atoms with E-state index < -0.39 is 11.1 Å². The number of nitrogen functional groups attached to an aromatic ring is 1. The molecule has 0 aliphatic heterocycles. The highest BCUT2D eigenvalue weighted by Crippen LogP contribution is 2.26. The minimum Gasteiger partial charge on any atom is -0.351 e. The van der Waals surface area contributed by atoms with Gasteiger partial charge in [-0.2, -0.15) is 0 Å². The summed E-state index contributed by atoms with van der Waals surface area (Å²) >= 11 is 1.17. The third-order valence-corrected chi connectivity index (χ3v) is 3.99. The molecule has 1 amide bonds. The molecule has 8 heteroatoms. The van der Waals surface area contributed by atoms with Gasteiger partial charge in [0.1, 0.15) is 5.82 Å². The molecule has 1 unspecified atom stereocenters. The quantitative estimate of drug-likeness (QED) is 0.660. The van der Waals surface area contributed by atoms with Crippen LogP contribution in [0.3, 0.4) is 0 Å². The van der Waals surface area contributed by atoms with Crippen molar-refractivity contribution in [2.45, 2.75) is 43.6 Å². The van der Waals surface area contributed by atoms with Gasteiger partial charge in [0.05, 0.1) is 10.8 Å². The van der Waals surface area contributed by atoms with Gasteiger partial charge >= 0.3 is 0 Å². The highest BCUT2D eigenvalue weighted by molar-refractivity contribution is 8.00. The van der Waals surface area contributed by atoms with E-state index in [1.807, 2.05) is 20.8 Å². The fourth-order valence-corrected chi connectivity index (χ4v) is 2.64. The van der Waals surface area contributed by atoms with Gasteiger partial charge in [-0.15, -0.1) is 10.2 Å². The number of aromatic nitrogens is 3. The number of nitrogens with zero attached hydrogens (tertiary/aromatic N) is 3. The largest absolute Gasteiger partial charge is 0.351 e. The summed E-state index contributed by atoms with van der Waals surface area (Å²) in [5.41, 5.74) is -0.0539. The van der Waals surface area contributed by atoms with Gasteiger partial charge in [-0.1, -0.05) is 23.9 Å². The number of rotatable bonds is 4. The molecule has 124 valence electrons. The molecule has 1 aromatic heterocycles. The first kappa shape index (κ1) is 17.3. The van der Waals surface area contributed by atoms with E-state index in [0.717, 1.165) is 0 Å². The van der Waals surface area contributed by atoms with Gasteiger partial charge in [0.2, 0.25) is 11.1 Å². The molecule has 1 aromatic carbocycles. The molecule has 0 spiro atoms. The molecule has 3 N–H and O–H groups in total. The molecule has 0 bridgehead atoms. The van der Waals surface area contributed by atoms with Crippen molar-refractivity contribution in [3.8, 4) is 11.4 Å². The maximum Gasteiger partial charge on any atom is 0.233 e. The summed E-state index contributed by atoms with van der Waals surface area (Å²) < 4.78 is 15.0. The molecule has 0 saturated heterocycles. The van der Waals surface area contributed by atoms with Crippen LogP contribution >= 0.6 is 11.8 Å². The lowest BCUT2D eigenvalue weighted by Gasteiger charge is -2.22. The van der Waals surface area contributed by atoms with Gasteiger partial charge in [0.15, 0.2) is 5.82 Å². The van der Waals surface area contributed by atoms with E-state index >= 15 is 0 Å². The number of thioether (sulfide) groups is 1. The molecular formula is C15H20FN5OS. The van der Waals surface area contributed by atoms with Gasteiger partial charge in [0, 0.05) is 5.54 Å². The average Bonchev–Trinajstić information content (AvgIpc) is 2.79. The molecular weight excluding hydrogens is 317 g/mol. The van der Waals surface area contributed by atoms with Crippen molar-refractivity contribution < 1.29 is 9.18 Å². The first-order chi connectivity index (χ1) is 10.7. The third kappa shape index (κ3) is 4.22. The van der Waals surface area contributed by atoms with E-state index in [1.54, 1.807) is 25.1 Å². The van der Waals surface area contributed by atoms with Crippen molar-refractivity contribution in [1.82, 2.24) is 20.2 Å². The number of nitrogens with two attached hydrogens (primary N) is 1. The molecule has 0 fully saturated rings. The Morgan fingerprint density at radius 2 is 2.00 bits per heavy atom. The summed E-state index contributed by atoms with van der Waals surface area (Å²) in [4.78, 5) is 12.1. The number of nitrogens with one attached hydrogen (secondary N) is 1. The topological polar surface area (TPSA) is 85.8 Å². The lowest BCUT2D eigenvalue weighted by Crippen LogP contribution is -2.44. The first-order valence-electron chi connectivity index (χ1n) is 7.13. The maximum atomic E-state index is 13.8. The Bertz CT molecular complexity index is 710. The molecule has 1 atom stereocenters. The van der Waals surface area contributed by atoms with Crippen LogP contribution in [0.15, 0.2) is 29.4 Å². The second-order valence-corrected chi connectivity index (χ2v) is 7.46. The SMILES string of the molecule is CC(Sc1nnc(-c2ccccc2F)n1N)C(=O)NC(C)(C)C. The zero-order valence-electron chi connectivity index (χ0n) is 13.5. The van der Waals surface area contributed by atoms with Crippen molar-refractivity contribution in [1.29, 1.82) is 0 Å². The predicted octanol–water partition coefficient (Wildman–Crippen LogP) is 2.19. The molecule has 2 rings (SSSR count). The molecule has 23 heavy (non-hydrogen) atoms. The van der Waals surface area contributed by atoms with Crippen LogP contribution in [0.1, 0.15) is 27.7 Å². The van der Waals surface area contributed by atoms with E-state index in [9.17, 15) is 9.18 Å². The molecule has 0 aliphatic rings. The van der Waals surface area contributed by atoms with Gasteiger partial charge in [-0.3, -0.25) is 4.79 Å². The summed E-state index contributed by atoms with van der Waals surface area (Å²) in [5.74, 6) is 5.61. The fourth-order valence-electron chi connectivity index (χ4n) is 1.87. The summed E-state index contributed by atoms with van der Waals surface area (Å²) in [6.45, 7) is 7.47. The van der Waals surface area contributed by atoms with Gasteiger partial charge in [-0.25, -0.2) is 9.07 Å². The minimum absolute atomic E-state index is 0.127. The molecule has 0 radical (unpaired) electrons. The third-order valence-electron chi connectivity index (χ3n) is 2.93. The Labute approximate surface area is 138 Å². The Kier molecular flexibility index (Phi) is 4.93. The highest BCUT2D eigenvalue weighted by atomic mass is 32.2. The minimum atomic E-state index is -0.429. The maximum absolute atomic E-state index is 13.8. The van der Waals surface area contributed by atoms with Crippen LogP contribution < -0.4 is 11.2 Å². The number of carbonyl (C=O) groups excluding carboxylic acids is 1. The Hall–Kier alpha value is -2.09. The number of hydrogen-bond acceptors (Lipinski definition) is 5. The van der Waals surface area contributed by atoms with E-state index in [2.05, 4.69) is 15.5 Å². The zero-order chi connectivity index (χ0) is 17.2. The van der Waals surface area contributed by atoms with Crippen LogP contribution in [0, 0.1) is 5.82 Å². The predicted molar refractivity (Wildman–Crippen MR) is 88.8 cm³/mol. The van der Waals surface area contributed by atoms with Gasteiger partial charge in [0.25, 0.3) is 0 Å². The summed E-state index contributed by atoms with van der Waals surface area (Å²) in [5, 5.41) is 10.7. The monoisotopic (exact) mass is 337 g/mol. The van der Waals surface area contributed by atoms with Crippen molar-refractivity contribution in [3.05, 3.63) is 30.1 Å². The van der Waals surface area contributed by atoms with Crippen LogP contribution in [0.5, 0.6) is 0 Å². The summed E-state index contributed by atoms with van der Waals surface area (Å²) in [6.07, 6.45) is 0. The van der Waals surface area contributed by atoms with Crippen LogP contribution in [-0.2, 0) is 4.79 Å². The van der Waals surface area contributed by atoms with E-state index in [-0.39, 0.29) is 22.8 Å². The lowest BCUT2D eigenvalue weighted by molar-refractivity contribution is -0.121. The van der Waals surface area contributed by atoms with Gasteiger partial charge in [-0.05, 0) is 39.8 Å². The molecule has 0 aliphatic carbocycles. The van der Waals surface area contributed by atoms with E-state index in [4.69, 9.17) is 5.84 Å². The lowest BCUT2D eigenvalue weighted by atomic mass is 10.1. The summed E-state index contributed by atoms with van der Waals surface area (Å²) in [7, 11) is 0. The van der Waals surface area contributed by atoms with Crippen molar-refractivity contribution in [3.63, 3.8) is 0 Å². The van der Waals surface area contributed by atoms with Crippen LogP contribution in [-0.4, -0.2) is 31.6 Å². The van der Waals surface area contributed by atoms with Crippen molar-refractivity contribution in [2.24, 2.45) is 0 Å². The Balaban J connectivity index is 2.17. The first-order valence-corrected chi connectivity index (χ1v) is 8.01.